The van der Waals surface area contributed by atoms with E-state index in [1.54, 1.807) is 11.3 Å². The third-order valence-corrected chi connectivity index (χ3v) is 6.10. The van der Waals surface area contributed by atoms with Crippen LogP contribution in [0.2, 0.25) is 0 Å². The average Bonchev–Trinajstić information content (AvgIpc) is 2.68. The van der Waals surface area contributed by atoms with Gasteiger partial charge in [0, 0.05) is 8.45 Å². The Kier molecular flexibility index (Phi) is 4.32. The van der Waals surface area contributed by atoms with Gasteiger partial charge in [0.05, 0.1) is 9.16 Å². The summed E-state index contributed by atoms with van der Waals surface area (Å²) >= 11 is 14.0. The van der Waals surface area contributed by atoms with Gasteiger partial charge in [0.25, 0.3) is 0 Å². The summed E-state index contributed by atoms with van der Waals surface area (Å²) < 4.78 is 2.38. The highest BCUT2D eigenvalue weighted by Crippen LogP contribution is 2.37. The summed E-state index contributed by atoms with van der Waals surface area (Å²) in [4.78, 5) is 1.18. The lowest BCUT2D eigenvalue weighted by atomic mass is 10.1. The van der Waals surface area contributed by atoms with Crippen molar-refractivity contribution in [1.82, 2.24) is 0 Å². The van der Waals surface area contributed by atoms with Crippen molar-refractivity contribution in [1.29, 1.82) is 0 Å². The molecular weight excluding hydrogens is 418 g/mol. The lowest BCUT2D eigenvalue weighted by molar-refractivity contribution is 1.15. The van der Waals surface area contributed by atoms with Crippen LogP contribution in [0.1, 0.15) is 21.4 Å². The number of hydrogen-bond donors (Lipinski definition) is 0. The van der Waals surface area contributed by atoms with Gasteiger partial charge < -0.3 is 0 Å². The maximum Gasteiger partial charge on any atom is 0.0938 e. The Labute approximate surface area is 126 Å². The van der Waals surface area contributed by atoms with Crippen LogP contribution in [-0.4, -0.2) is 0 Å². The zero-order valence-corrected chi connectivity index (χ0v) is 13.8. The van der Waals surface area contributed by atoms with E-state index in [0.29, 0.717) is 0 Å². The van der Waals surface area contributed by atoms with E-state index in [1.165, 1.54) is 19.6 Å². The molecule has 1 unspecified atom stereocenters. The van der Waals surface area contributed by atoms with Crippen LogP contribution < -0.4 is 0 Å². The molecule has 0 aliphatic rings. The summed E-state index contributed by atoms with van der Waals surface area (Å²) in [6.45, 7) is 2.11. The summed E-state index contributed by atoms with van der Waals surface area (Å²) in [5.74, 6) is 0. The fourth-order valence-corrected chi connectivity index (χ4v) is 4.15. The van der Waals surface area contributed by atoms with Crippen molar-refractivity contribution < 1.29 is 0 Å². The predicted octanol–water partition coefficient (Wildman–Crippen LogP) is 5.75. The quantitative estimate of drug-likeness (QED) is 0.423. The molecule has 0 spiro atoms. The minimum atomic E-state index is -0.0527. The van der Waals surface area contributed by atoms with Crippen LogP contribution >= 0.6 is 61.5 Å². The number of rotatable bonds is 2. The summed E-state index contributed by atoms with van der Waals surface area (Å²) in [5, 5.41) is -0.0527. The van der Waals surface area contributed by atoms with Gasteiger partial charge in [-0.2, -0.15) is 0 Å². The van der Waals surface area contributed by atoms with E-state index in [9.17, 15) is 0 Å². The molecule has 1 atom stereocenters. The maximum absolute atomic E-state index is 6.51. The zero-order chi connectivity index (χ0) is 11.7. The van der Waals surface area contributed by atoms with Gasteiger partial charge in [-0.05, 0) is 68.7 Å². The van der Waals surface area contributed by atoms with Gasteiger partial charge in [-0.1, -0.05) is 18.2 Å². The Hall–Kier alpha value is 0.420. The first-order valence-corrected chi connectivity index (χ1v) is 7.86. The van der Waals surface area contributed by atoms with Gasteiger partial charge in [-0.15, -0.1) is 22.9 Å². The highest BCUT2D eigenvalue weighted by molar-refractivity contribution is 14.1. The molecule has 0 saturated carbocycles. The number of thiophene rings is 1. The van der Waals surface area contributed by atoms with Crippen molar-refractivity contribution in [2.45, 2.75) is 12.3 Å². The molecule has 0 aliphatic heterocycles. The molecule has 4 heteroatoms. The molecule has 0 aliphatic carbocycles. The van der Waals surface area contributed by atoms with Crippen LogP contribution in [0.3, 0.4) is 0 Å². The highest BCUT2D eigenvalue weighted by Gasteiger charge is 2.16. The summed E-state index contributed by atoms with van der Waals surface area (Å²) in [7, 11) is 0. The van der Waals surface area contributed by atoms with Crippen molar-refractivity contribution in [3.05, 3.63) is 53.7 Å². The van der Waals surface area contributed by atoms with Gasteiger partial charge >= 0.3 is 0 Å². The summed E-state index contributed by atoms with van der Waals surface area (Å²) in [6.07, 6.45) is 0. The van der Waals surface area contributed by atoms with Crippen molar-refractivity contribution in [2.24, 2.45) is 0 Å². The first-order valence-electron chi connectivity index (χ1n) is 4.74. The fourth-order valence-electron chi connectivity index (χ4n) is 1.48. The molecule has 0 fully saturated rings. The number of aryl methyl sites for hydroxylation is 1. The first kappa shape index (κ1) is 12.9. The van der Waals surface area contributed by atoms with E-state index in [1.807, 2.05) is 6.07 Å². The van der Waals surface area contributed by atoms with E-state index in [4.69, 9.17) is 11.6 Å². The second kappa shape index (κ2) is 5.38. The molecule has 0 saturated heterocycles. The van der Waals surface area contributed by atoms with Gasteiger partial charge in [0.1, 0.15) is 0 Å². The molecule has 0 N–H and O–H groups in total. The topological polar surface area (TPSA) is 0 Å². The minimum Gasteiger partial charge on any atom is -0.131 e. The first-order chi connectivity index (χ1) is 7.59. The van der Waals surface area contributed by atoms with Gasteiger partial charge in [-0.3, -0.25) is 0 Å². The second-order valence-electron chi connectivity index (χ2n) is 3.48. The average molecular weight is 428 g/mol. The number of benzene rings is 1. The molecule has 1 aromatic heterocycles. The molecule has 0 bridgehead atoms. The van der Waals surface area contributed by atoms with E-state index in [-0.39, 0.29) is 5.38 Å². The standard InChI is InChI=1S/C12H9BrClIS/c1-7-3-2-4-8(12(7)15)11(14)9-5-6-10(13)16-9/h2-6,11H,1H3. The monoisotopic (exact) mass is 426 g/mol. The smallest absolute Gasteiger partial charge is 0.0938 e. The predicted molar refractivity (Wildman–Crippen MR) is 83.6 cm³/mol. The maximum atomic E-state index is 6.51. The van der Waals surface area contributed by atoms with Crippen molar-refractivity contribution in [3.63, 3.8) is 0 Å². The van der Waals surface area contributed by atoms with E-state index >= 15 is 0 Å². The van der Waals surface area contributed by atoms with Crippen molar-refractivity contribution in [3.8, 4) is 0 Å². The van der Waals surface area contributed by atoms with Gasteiger partial charge in [0.2, 0.25) is 0 Å². The summed E-state index contributed by atoms with van der Waals surface area (Å²) in [6, 6.07) is 10.4. The molecule has 1 aromatic carbocycles. The lowest BCUT2D eigenvalue weighted by Crippen LogP contribution is -1.95. The Morgan fingerprint density at radius 1 is 1.31 bits per heavy atom. The Morgan fingerprint density at radius 2 is 2.06 bits per heavy atom. The largest absolute Gasteiger partial charge is 0.131 e. The minimum absolute atomic E-state index is 0.0527. The van der Waals surface area contributed by atoms with Gasteiger partial charge in [0.15, 0.2) is 0 Å². The second-order valence-corrected chi connectivity index (χ2v) is 7.49. The van der Waals surface area contributed by atoms with Crippen LogP contribution in [0.25, 0.3) is 0 Å². The molecule has 16 heavy (non-hydrogen) atoms. The van der Waals surface area contributed by atoms with Crippen molar-refractivity contribution >= 4 is 61.5 Å². The Morgan fingerprint density at radius 3 is 2.69 bits per heavy atom. The van der Waals surface area contributed by atoms with Crippen LogP contribution in [0, 0.1) is 10.5 Å². The third kappa shape index (κ3) is 2.63. The molecular formula is C12H9BrClIS. The Balaban J connectivity index is 2.41. The zero-order valence-electron chi connectivity index (χ0n) is 8.51. The van der Waals surface area contributed by atoms with E-state index in [0.717, 1.165) is 3.79 Å². The SMILES string of the molecule is Cc1cccc(C(Cl)c2ccc(Br)s2)c1I. The van der Waals surface area contributed by atoms with E-state index < -0.39 is 0 Å². The third-order valence-electron chi connectivity index (χ3n) is 2.34. The lowest BCUT2D eigenvalue weighted by Gasteiger charge is -2.11. The molecule has 0 nitrogen and oxygen atoms in total. The Bertz CT molecular complexity index is 509. The van der Waals surface area contributed by atoms with Crippen LogP contribution in [0.4, 0.5) is 0 Å². The number of hydrogen-bond acceptors (Lipinski definition) is 1. The van der Waals surface area contributed by atoms with E-state index in [2.05, 4.69) is 69.7 Å². The molecule has 0 amide bonds. The molecule has 84 valence electrons. The molecule has 0 radical (unpaired) electrons. The normalized spacial score (nSPS) is 12.8. The molecule has 2 aromatic rings. The summed E-state index contributed by atoms with van der Waals surface area (Å²) in [5.41, 5.74) is 2.47. The molecule has 2 rings (SSSR count). The van der Waals surface area contributed by atoms with Crippen molar-refractivity contribution in [2.75, 3.05) is 0 Å². The number of alkyl halides is 1. The van der Waals surface area contributed by atoms with Crippen LogP contribution in [0.15, 0.2) is 34.1 Å². The van der Waals surface area contributed by atoms with Gasteiger partial charge in [-0.25, -0.2) is 0 Å². The number of halogens is 3. The molecule has 1 heterocycles. The van der Waals surface area contributed by atoms with Crippen LogP contribution in [-0.2, 0) is 0 Å². The fraction of sp³-hybridized carbons (Fsp3) is 0.167. The van der Waals surface area contributed by atoms with Crippen LogP contribution in [0.5, 0.6) is 0 Å². The highest BCUT2D eigenvalue weighted by atomic mass is 127.